The van der Waals surface area contributed by atoms with Crippen LogP contribution in [-0.4, -0.2) is 53.9 Å². The molecule has 0 radical (unpaired) electrons. The van der Waals surface area contributed by atoms with Crippen LogP contribution in [-0.2, 0) is 21.5 Å². The van der Waals surface area contributed by atoms with E-state index in [0.717, 1.165) is 41.5 Å². The van der Waals surface area contributed by atoms with E-state index in [1.165, 1.54) is 0 Å². The van der Waals surface area contributed by atoms with Gasteiger partial charge in [0.2, 0.25) is 5.91 Å². The van der Waals surface area contributed by atoms with Crippen LogP contribution in [0.25, 0.3) is 0 Å². The van der Waals surface area contributed by atoms with Crippen LogP contribution in [0.4, 0.5) is 10.5 Å². The summed E-state index contributed by atoms with van der Waals surface area (Å²) in [7, 11) is 0. The maximum Gasteiger partial charge on any atom is 0.322 e. The van der Waals surface area contributed by atoms with Gasteiger partial charge in [-0.2, -0.15) is 0 Å². The molecule has 4 rings (SSSR count). The molecule has 4 amide bonds. The van der Waals surface area contributed by atoms with Crippen molar-refractivity contribution in [2.75, 3.05) is 31.1 Å². The summed E-state index contributed by atoms with van der Waals surface area (Å²) >= 11 is 6.24. The second-order valence-corrected chi connectivity index (χ2v) is 8.88. The monoisotopic (exact) mass is 469 g/mol. The van der Waals surface area contributed by atoms with E-state index in [2.05, 4.69) is 33.5 Å². The van der Waals surface area contributed by atoms with Crippen LogP contribution in [0, 0.1) is 6.92 Å². The zero-order valence-electron chi connectivity index (χ0n) is 18.9. The Hall–Kier alpha value is -3.13. The first-order valence-corrected chi connectivity index (χ1v) is 11.6. The molecule has 1 atom stereocenters. The Labute approximate surface area is 198 Å². The molecule has 0 bridgehead atoms. The van der Waals surface area contributed by atoms with Gasteiger partial charge in [0.25, 0.3) is 5.91 Å². The first-order valence-electron chi connectivity index (χ1n) is 11.2. The average Bonchev–Trinajstić information content (AvgIpc) is 3.11. The lowest BCUT2D eigenvalue weighted by molar-refractivity contribution is -0.132. The van der Waals surface area contributed by atoms with Gasteiger partial charge in [-0.1, -0.05) is 24.6 Å². The highest BCUT2D eigenvalue weighted by atomic mass is 35.5. The summed E-state index contributed by atoms with van der Waals surface area (Å²) in [6, 6.07) is 10.8. The van der Waals surface area contributed by atoms with Crippen molar-refractivity contribution in [2.45, 2.75) is 38.6 Å². The lowest BCUT2D eigenvalue weighted by atomic mass is 9.88. The van der Waals surface area contributed by atoms with Crippen LogP contribution in [0.3, 0.4) is 0 Å². The number of aryl methyl sites for hydroxylation is 2. The Morgan fingerprint density at radius 3 is 2.55 bits per heavy atom. The molecular weight excluding hydrogens is 442 g/mol. The van der Waals surface area contributed by atoms with Crippen LogP contribution in [0.2, 0.25) is 5.02 Å². The molecule has 1 unspecified atom stereocenters. The molecule has 8 nitrogen and oxygen atoms in total. The van der Waals surface area contributed by atoms with Crippen molar-refractivity contribution in [2.24, 2.45) is 0 Å². The first kappa shape index (κ1) is 23.0. The Morgan fingerprint density at radius 2 is 1.91 bits per heavy atom. The van der Waals surface area contributed by atoms with Gasteiger partial charge in [-0.15, -0.1) is 0 Å². The van der Waals surface area contributed by atoms with Gasteiger partial charge >= 0.3 is 6.03 Å². The van der Waals surface area contributed by atoms with Gasteiger partial charge in [-0.3, -0.25) is 19.9 Å². The number of nitrogens with zero attached hydrogens (tertiary/aromatic N) is 3. The van der Waals surface area contributed by atoms with E-state index in [1.807, 2.05) is 30.0 Å². The summed E-state index contributed by atoms with van der Waals surface area (Å²) < 4.78 is 0. The number of halogens is 1. The van der Waals surface area contributed by atoms with Crippen LogP contribution in [0.1, 0.15) is 36.7 Å². The fraction of sp³-hybridized carbons (Fsp3) is 0.417. The smallest absolute Gasteiger partial charge is 0.322 e. The fourth-order valence-corrected chi connectivity index (χ4v) is 4.70. The summed E-state index contributed by atoms with van der Waals surface area (Å²) in [4.78, 5) is 46.2. The molecule has 0 saturated carbocycles. The van der Waals surface area contributed by atoms with Crippen molar-refractivity contribution < 1.29 is 14.4 Å². The van der Waals surface area contributed by atoms with Crippen molar-refractivity contribution in [3.8, 4) is 0 Å². The van der Waals surface area contributed by atoms with Crippen molar-refractivity contribution in [3.05, 3.63) is 58.4 Å². The van der Waals surface area contributed by atoms with Gasteiger partial charge in [-0.05, 0) is 55.7 Å². The molecule has 174 valence electrons. The number of rotatable bonds is 6. The van der Waals surface area contributed by atoms with Crippen molar-refractivity contribution in [3.63, 3.8) is 0 Å². The summed E-state index contributed by atoms with van der Waals surface area (Å²) in [5.74, 6) is -0.515. The maximum atomic E-state index is 13.0. The lowest BCUT2D eigenvalue weighted by Crippen LogP contribution is -2.50. The number of imide groups is 1. The van der Waals surface area contributed by atoms with Gasteiger partial charge in [0, 0.05) is 49.0 Å². The number of benzene rings is 1. The van der Waals surface area contributed by atoms with Gasteiger partial charge < -0.3 is 15.1 Å². The number of pyridine rings is 1. The molecule has 2 aliphatic rings. The van der Waals surface area contributed by atoms with E-state index >= 15 is 0 Å². The molecule has 2 fully saturated rings. The summed E-state index contributed by atoms with van der Waals surface area (Å²) in [5, 5.41) is 5.78. The summed E-state index contributed by atoms with van der Waals surface area (Å²) in [5.41, 5.74) is 2.06. The molecule has 2 aromatic rings. The Bertz CT molecular complexity index is 1080. The van der Waals surface area contributed by atoms with Crippen LogP contribution >= 0.6 is 11.6 Å². The number of amides is 4. The normalized spacial score (nSPS) is 20.6. The molecule has 0 aliphatic carbocycles. The minimum atomic E-state index is -1.33. The topological polar surface area (TPSA) is 94.6 Å². The largest absolute Gasteiger partial charge is 0.368 e. The molecule has 3 heterocycles. The van der Waals surface area contributed by atoms with Crippen LogP contribution in [0.5, 0.6) is 0 Å². The zero-order valence-corrected chi connectivity index (χ0v) is 19.6. The SMILES string of the molecule is CCc1cc(N2CCN(C(=O)CCC3(c4cccc(C)n4)NC(=O)NC3=O)CC2)ccc1Cl. The Kier molecular flexibility index (Phi) is 6.56. The molecule has 33 heavy (non-hydrogen) atoms. The minimum absolute atomic E-state index is 0.0408. The van der Waals surface area contributed by atoms with E-state index in [0.29, 0.717) is 18.8 Å². The number of nitrogens with one attached hydrogen (secondary N) is 2. The number of piperazine rings is 1. The number of urea groups is 1. The highest BCUT2D eigenvalue weighted by molar-refractivity contribution is 6.31. The third-order valence-corrected chi connectivity index (χ3v) is 6.76. The van der Waals surface area contributed by atoms with Crippen molar-refractivity contribution in [1.82, 2.24) is 20.5 Å². The summed E-state index contributed by atoms with van der Waals surface area (Å²) in [6.45, 7) is 6.53. The Balaban J connectivity index is 1.40. The summed E-state index contributed by atoms with van der Waals surface area (Å²) in [6.07, 6.45) is 1.15. The molecule has 2 aliphatic heterocycles. The maximum absolute atomic E-state index is 13.0. The first-order chi connectivity index (χ1) is 15.8. The standard InChI is InChI=1S/C24H28ClN5O3/c1-3-17-15-18(7-8-19(17)25)29-11-13-30(14-12-29)21(31)9-10-24(22(32)27-23(33)28-24)20-6-4-5-16(2)26-20/h4-8,15H,3,9-14H2,1-2H3,(H2,27,28,32,33). The van der Waals surface area contributed by atoms with E-state index in [-0.39, 0.29) is 18.7 Å². The highest BCUT2D eigenvalue weighted by Crippen LogP contribution is 2.30. The average molecular weight is 470 g/mol. The van der Waals surface area contributed by atoms with Gasteiger partial charge in [0.1, 0.15) is 0 Å². The zero-order chi connectivity index (χ0) is 23.6. The van der Waals surface area contributed by atoms with Crippen LogP contribution < -0.4 is 15.5 Å². The fourth-order valence-electron chi connectivity index (χ4n) is 4.45. The quantitative estimate of drug-likeness (QED) is 0.634. The van der Waals surface area contributed by atoms with Crippen molar-refractivity contribution >= 4 is 35.1 Å². The molecule has 2 saturated heterocycles. The minimum Gasteiger partial charge on any atom is -0.368 e. The highest BCUT2D eigenvalue weighted by Gasteiger charge is 2.49. The second-order valence-electron chi connectivity index (χ2n) is 8.47. The number of hydrogen-bond donors (Lipinski definition) is 2. The van der Waals surface area contributed by atoms with Crippen molar-refractivity contribution in [1.29, 1.82) is 0 Å². The molecule has 9 heteroatoms. The number of hydrogen-bond acceptors (Lipinski definition) is 5. The Morgan fingerprint density at radius 1 is 1.15 bits per heavy atom. The number of anilines is 1. The number of carbonyl (C=O) groups is 3. The van der Waals surface area contributed by atoms with E-state index < -0.39 is 17.5 Å². The molecule has 0 spiro atoms. The van der Waals surface area contributed by atoms with E-state index in [1.54, 1.807) is 12.1 Å². The second kappa shape index (κ2) is 9.39. The van der Waals surface area contributed by atoms with Crippen LogP contribution in [0.15, 0.2) is 36.4 Å². The lowest BCUT2D eigenvalue weighted by Gasteiger charge is -2.37. The molecular formula is C24H28ClN5O3. The van der Waals surface area contributed by atoms with Gasteiger partial charge in [-0.25, -0.2) is 4.79 Å². The molecule has 2 N–H and O–H groups in total. The van der Waals surface area contributed by atoms with Gasteiger partial charge in [0.15, 0.2) is 5.54 Å². The third kappa shape index (κ3) is 4.66. The van der Waals surface area contributed by atoms with E-state index in [4.69, 9.17) is 11.6 Å². The van der Waals surface area contributed by atoms with E-state index in [9.17, 15) is 14.4 Å². The van der Waals surface area contributed by atoms with Gasteiger partial charge in [0.05, 0.1) is 5.69 Å². The number of carbonyl (C=O) groups excluding carboxylic acids is 3. The third-order valence-electron chi connectivity index (χ3n) is 6.39. The molecule has 1 aromatic heterocycles. The molecule has 1 aromatic carbocycles. The predicted molar refractivity (Wildman–Crippen MR) is 126 cm³/mol. The number of aromatic nitrogens is 1. The predicted octanol–water partition coefficient (Wildman–Crippen LogP) is 2.77.